The number of rotatable bonds is 4. The van der Waals surface area contributed by atoms with Crippen LogP contribution in [0.15, 0.2) is 6.07 Å². The van der Waals surface area contributed by atoms with Crippen molar-refractivity contribution in [2.24, 2.45) is 5.92 Å². The Kier molecular flexibility index (Phi) is 3.50. The predicted molar refractivity (Wildman–Crippen MR) is 65.2 cm³/mol. The summed E-state index contributed by atoms with van der Waals surface area (Å²) in [6.07, 6.45) is 5.33. The van der Waals surface area contributed by atoms with Gasteiger partial charge in [0.25, 0.3) is 0 Å². The van der Waals surface area contributed by atoms with E-state index in [0.717, 1.165) is 25.0 Å². The second kappa shape index (κ2) is 4.90. The van der Waals surface area contributed by atoms with Gasteiger partial charge in [0.15, 0.2) is 0 Å². The van der Waals surface area contributed by atoms with Gasteiger partial charge in [0.2, 0.25) is 0 Å². The SMILES string of the molecule is CC(C)Cc1cc(C(=O)O)n(C2CCCC2)n1. The molecular formula is C13H20N2O2. The average Bonchev–Trinajstić information content (AvgIpc) is 2.82. The first-order valence-electron chi connectivity index (χ1n) is 6.39. The summed E-state index contributed by atoms with van der Waals surface area (Å²) in [6.45, 7) is 4.24. The third-order valence-corrected chi connectivity index (χ3v) is 3.29. The van der Waals surface area contributed by atoms with E-state index in [1.807, 2.05) is 0 Å². The van der Waals surface area contributed by atoms with Crippen molar-refractivity contribution in [3.63, 3.8) is 0 Å². The maximum absolute atomic E-state index is 11.2. The number of carbonyl (C=O) groups is 1. The monoisotopic (exact) mass is 236 g/mol. The summed E-state index contributed by atoms with van der Waals surface area (Å²) in [5.74, 6) is -0.358. The molecule has 0 atom stereocenters. The molecule has 1 aromatic heterocycles. The largest absolute Gasteiger partial charge is 0.477 e. The number of carboxylic acids is 1. The Hall–Kier alpha value is -1.32. The normalized spacial score (nSPS) is 16.9. The molecule has 1 N–H and O–H groups in total. The molecule has 0 unspecified atom stereocenters. The summed E-state index contributed by atoms with van der Waals surface area (Å²) < 4.78 is 1.74. The van der Waals surface area contributed by atoms with Crippen LogP contribution in [0.4, 0.5) is 0 Å². The molecule has 4 nitrogen and oxygen atoms in total. The molecule has 4 heteroatoms. The summed E-state index contributed by atoms with van der Waals surface area (Å²) in [7, 11) is 0. The molecule has 1 aliphatic rings. The zero-order chi connectivity index (χ0) is 12.4. The Labute approximate surface area is 102 Å². The van der Waals surface area contributed by atoms with Crippen molar-refractivity contribution < 1.29 is 9.90 Å². The molecule has 1 heterocycles. The second-order valence-corrected chi connectivity index (χ2v) is 5.31. The van der Waals surface area contributed by atoms with Crippen LogP contribution in [0.3, 0.4) is 0 Å². The van der Waals surface area contributed by atoms with Crippen LogP contribution < -0.4 is 0 Å². The molecule has 1 aromatic rings. The molecule has 94 valence electrons. The molecule has 0 aliphatic heterocycles. The van der Waals surface area contributed by atoms with E-state index in [0.29, 0.717) is 17.7 Å². The summed E-state index contributed by atoms with van der Waals surface area (Å²) in [5.41, 5.74) is 1.26. The highest BCUT2D eigenvalue weighted by atomic mass is 16.4. The Balaban J connectivity index is 2.28. The van der Waals surface area contributed by atoms with Gasteiger partial charge in [0, 0.05) is 0 Å². The summed E-state index contributed by atoms with van der Waals surface area (Å²) in [4.78, 5) is 11.2. The van der Waals surface area contributed by atoms with Crippen LogP contribution in [0.2, 0.25) is 0 Å². The Morgan fingerprint density at radius 2 is 2.18 bits per heavy atom. The number of aromatic carboxylic acids is 1. The maximum Gasteiger partial charge on any atom is 0.354 e. The van der Waals surface area contributed by atoms with Crippen molar-refractivity contribution in [1.82, 2.24) is 9.78 Å². The number of hydrogen-bond donors (Lipinski definition) is 1. The number of aromatic nitrogens is 2. The molecular weight excluding hydrogens is 216 g/mol. The summed E-state index contributed by atoms with van der Waals surface area (Å²) >= 11 is 0. The van der Waals surface area contributed by atoms with E-state index >= 15 is 0 Å². The molecule has 0 saturated heterocycles. The first kappa shape index (κ1) is 12.1. The van der Waals surface area contributed by atoms with Gasteiger partial charge in [-0.15, -0.1) is 0 Å². The second-order valence-electron chi connectivity index (χ2n) is 5.31. The average molecular weight is 236 g/mol. The van der Waals surface area contributed by atoms with Crippen LogP contribution in [0, 0.1) is 5.92 Å². The van der Waals surface area contributed by atoms with Gasteiger partial charge >= 0.3 is 5.97 Å². The van der Waals surface area contributed by atoms with E-state index in [-0.39, 0.29) is 0 Å². The lowest BCUT2D eigenvalue weighted by molar-refractivity contribution is 0.0680. The van der Waals surface area contributed by atoms with Gasteiger partial charge in [-0.3, -0.25) is 4.68 Å². The quantitative estimate of drug-likeness (QED) is 0.874. The van der Waals surface area contributed by atoms with E-state index < -0.39 is 5.97 Å². The molecule has 1 aliphatic carbocycles. The molecule has 0 aromatic carbocycles. The van der Waals surface area contributed by atoms with Crippen molar-refractivity contribution in [2.75, 3.05) is 0 Å². The Bertz CT molecular complexity index is 404. The van der Waals surface area contributed by atoms with Crippen molar-refractivity contribution in [3.05, 3.63) is 17.5 Å². The minimum Gasteiger partial charge on any atom is -0.477 e. The number of hydrogen-bond acceptors (Lipinski definition) is 2. The highest BCUT2D eigenvalue weighted by Crippen LogP contribution is 2.30. The van der Waals surface area contributed by atoms with Crippen LogP contribution in [0.5, 0.6) is 0 Å². The van der Waals surface area contributed by atoms with Gasteiger partial charge in [0.05, 0.1) is 11.7 Å². The van der Waals surface area contributed by atoms with Crippen LogP contribution in [0.25, 0.3) is 0 Å². The zero-order valence-corrected chi connectivity index (χ0v) is 10.5. The first-order chi connectivity index (χ1) is 8.08. The molecule has 1 fully saturated rings. The fourth-order valence-electron chi connectivity index (χ4n) is 2.55. The third kappa shape index (κ3) is 2.68. The molecule has 17 heavy (non-hydrogen) atoms. The number of nitrogens with zero attached hydrogens (tertiary/aromatic N) is 2. The lowest BCUT2D eigenvalue weighted by atomic mass is 10.1. The number of carboxylic acid groups (broad SMARTS) is 1. The Morgan fingerprint density at radius 3 is 2.71 bits per heavy atom. The van der Waals surface area contributed by atoms with Gasteiger partial charge in [-0.2, -0.15) is 5.10 Å². The van der Waals surface area contributed by atoms with E-state index in [4.69, 9.17) is 0 Å². The van der Waals surface area contributed by atoms with Crippen molar-refractivity contribution in [3.8, 4) is 0 Å². The van der Waals surface area contributed by atoms with Gasteiger partial charge in [-0.05, 0) is 31.2 Å². The topological polar surface area (TPSA) is 55.1 Å². The standard InChI is InChI=1S/C13H20N2O2/c1-9(2)7-10-8-12(13(16)17)15(14-10)11-5-3-4-6-11/h8-9,11H,3-7H2,1-2H3,(H,16,17). The lowest BCUT2D eigenvalue weighted by Crippen LogP contribution is -2.14. The lowest BCUT2D eigenvalue weighted by Gasteiger charge is -2.11. The van der Waals surface area contributed by atoms with Crippen LogP contribution in [-0.4, -0.2) is 20.9 Å². The van der Waals surface area contributed by atoms with Crippen molar-refractivity contribution in [2.45, 2.75) is 52.0 Å². The fraction of sp³-hybridized carbons (Fsp3) is 0.692. The summed E-state index contributed by atoms with van der Waals surface area (Å²) in [5, 5.41) is 13.7. The molecule has 0 bridgehead atoms. The maximum atomic E-state index is 11.2. The zero-order valence-electron chi connectivity index (χ0n) is 10.5. The Morgan fingerprint density at radius 1 is 1.53 bits per heavy atom. The van der Waals surface area contributed by atoms with Crippen LogP contribution in [0.1, 0.15) is 61.8 Å². The highest BCUT2D eigenvalue weighted by molar-refractivity contribution is 5.85. The van der Waals surface area contributed by atoms with E-state index in [1.165, 1.54) is 12.8 Å². The molecule has 1 saturated carbocycles. The molecule has 0 amide bonds. The molecule has 0 spiro atoms. The summed E-state index contributed by atoms with van der Waals surface area (Å²) in [6, 6.07) is 2.03. The molecule has 2 rings (SSSR count). The van der Waals surface area contributed by atoms with Crippen LogP contribution in [-0.2, 0) is 6.42 Å². The minimum atomic E-state index is -0.862. The smallest absolute Gasteiger partial charge is 0.354 e. The molecule has 0 radical (unpaired) electrons. The highest BCUT2D eigenvalue weighted by Gasteiger charge is 2.24. The van der Waals surface area contributed by atoms with Gasteiger partial charge in [-0.1, -0.05) is 26.7 Å². The van der Waals surface area contributed by atoms with Crippen molar-refractivity contribution >= 4 is 5.97 Å². The predicted octanol–water partition coefficient (Wildman–Crippen LogP) is 2.89. The van der Waals surface area contributed by atoms with Crippen LogP contribution >= 0.6 is 0 Å². The van der Waals surface area contributed by atoms with E-state index in [9.17, 15) is 9.90 Å². The minimum absolute atomic E-state index is 0.294. The van der Waals surface area contributed by atoms with Crippen molar-refractivity contribution in [1.29, 1.82) is 0 Å². The first-order valence-corrected chi connectivity index (χ1v) is 6.39. The van der Waals surface area contributed by atoms with E-state index in [2.05, 4.69) is 18.9 Å². The van der Waals surface area contributed by atoms with E-state index in [1.54, 1.807) is 10.7 Å². The third-order valence-electron chi connectivity index (χ3n) is 3.29. The fourth-order valence-corrected chi connectivity index (χ4v) is 2.55. The van der Waals surface area contributed by atoms with Gasteiger partial charge < -0.3 is 5.11 Å². The van der Waals surface area contributed by atoms with Gasteiger partial charge in [0.1, 0.15) is 5.69 Å². The van der Waals surface area contributed by atoms with Gasteiger partial charge in [-0.25, -0.2) is 4.79 Å².